The summed E-state index contributed by atoms with van der Waals surface area (Å²) in [6.07, 6.45) is 8.14. The van der Waals surface area contributed by atoms with E-state index in [9.17, 15) is 0 Å². The van der Waals surface area contributed by atoms with Crippen LogP contribution in [0.5, 0.6) is 11.5 Å². The van der Waals surface area contributed by atoms with Crippen molar-refractivity contribution in [1.29, 1.82) is 0 Å². The molecule has 1 fully saturated rings. The molecule has 2 rings (SSSR count). The maximum absolute atomic E-state index is 5.66. The van der Waals surface area contributed by atoms with E-state index in [0.29, 0.717) is 11.2 Å². The lowest BCUT2D eigenvalue weighted by atomic mass is 9.94. The molecular weight excluding hydrogens is 308 g/mol. The molecule has 0 aliphatic heterocycles. The number of nitrogens with zero attached hydrogens (tertiary/aromatic N) is 1. The van der Waals surface area contributed by atoms with E-state index < -0.39 is 0 Å². The fraction of sp³-hybridized carbons (Fsp3) is 0.500. The van der Waals surface area contributed by atoms with E-state index in [0.717, 1.165) is 23.7 Å². The zero-order valence-corrected chi connectivity index (χ0v) is 14.8. The minimum absolute atomic E-state index is 0.485. The summed E-state index contributed by atoms with van der Waals surface area (Å²) in [7, 11) is 3.30. The Bertz CT molecular complexity index is 542. The number of hydrogen-bond donors (Lipinski definition) is 1. The first-order chi connectivity index (χ1) is 11.2. The van der Waals surface area contributed by atoms with E-state index in [1.807, 2.05) is 24.3 Å². The second-order valence-electron chi connectivity index (χ2n) is 5.73. The van der Waals surface area contributed by atoms with E-state index in [1.54, 1.807) is 14.2 Å². The van der Waals surface area contributed by atoms with Gasteiger partial charge in [-0.3, -0.25) is 0 Å². The standard InChI is InChI=1S/C18H26N2O2S/c1-4-12-20(14-8-6-5-7-9-14)18(23)19-16-13-15(21-2)10-11-17(16)22-3/h4,10-11,13-14H,1,5-9,12H2,2-3H3,(H,19,23). The summed E-state index contributed by atoms with van der Waals surface area (Å²) in [5.41, 5.74) is 0.821. The number of nitrogens with one attached hydrogen (secondary N) is 1. The SMILES string of the molecule is C=CCN(C(=S)Nc1cc(OC)ccc1OC)C1CCCCC1. The molecule has 0 bridgehead atoms. The third-order valence-corrected chi connectivity index (χ3v) is 4.59. The fourth-order valence-corrected chi connectivity index (χ4v) is 3.36. The topological polar surface area (TPSA) is 33.7 Å². The van der Waals surface area contributed by atoms with E-state index in [-0.39, 0.29) is 0 Å². The number of benzene rings is 1. The molecule has 0 amide bonds. The Morgan fingerprint density at radius 1 is 1.30 bits per heavy atom. The van der Waals surface area contributed by atoms with Gasteiger partial charge in [-0.1, -0.05) is 25.3 Å². The quantitative estimate of drug-likeness (QED) is 0.622. The highest BCUT2D eigenvalue weighted by molar-refractivity contribution is 7.80. The Morgan fingerprint density at radius 3 is 2.65 bits per heavy atom. The summed E-state index contributed by atoms with van der Waals surface area (Å²) in [6, 6.07) is 6.13. The number of methoxy groups -OCH3 is 2. The molecule has 0 atom stereocenters. The van der Waals surface area contributed by atoms with Crippen molar-refractivity contribution >= 4 is 23.0 Å². The number of rotatable bonds is 6. The molecule has 0 aromatic heterocycles. The normalized spacial score (nSPS) is 14.9. The van der Waals surface area contributed by atoms with Gasteiger partial charge < -0.3 is 19.7 Å². The minimum Gasteiger partial charge on any atom is -0.497 e. The lowest BCUT2D eigenvalue weighted by Crippen LogP contribution is -2.43. The van der Waals surface area contributed by atoms with Crippen LogP contribution in [0.2, 0.25) is 0 Å². The Balaban J connectivity index is 2.15. The van der Waals surface area contributed by atoms with Crippen molar-refractivity contribution in [2.24, 2.45) is 0 Å². The number of anilines is 1. The van der Waals surface area contributed by atoms with Crippen LogP contribution in [-0.2, 0) is 0 Å². The third kappa shape index (κ3) is 4.61. The van der Waals surface area contributed by atoms with Gasteiger partial charge >= 0.3 is 0 Å². The van der Waals surface area contributed by atoms with Crippen LogP contribution in [-0.4, -0.2) is 36.8 Å². The Morgan fingerprint density at radius 2 is 2.04 bits per heavy atom. The molecule has 0 saturated heterocycles. The molecule has 0 radical (unpaired) electrons. The maximum atomic E-state index is 5.66. The van der Waals surface area contributed by atoms with Gasteiger partial charge in [0.2, 0.25) is 0 Å². The molecule has 1 aliphatic carbocycles. The molecule has 1 N–H and O–H groups in total. The van der Waals surface area contributed by atoms with E-state index in [4.69, 9.17) is 21.7 Å². The third-order valence-electron chi connectivity index (χ3n) is 4.25. The molecule has 1 aliphatic rings. The van der Waals surface area contributed by atoms with Crippen molar-refractivity contribution < 1.29 is 9.47 Å². The van der Waals surface area contributed by atoms with Crippen LogP contribution in [0.4, 0.5) is 5.69 Å². The van der Waals surface area contributed by atoms with Crippen molar-refractivity contribution in [1.82, 2.24) is 4.90 Å². The molecule has 23 heavy (non-hydrogen) atoms. The Labute approximate surface area is 144 Å². The van der Waals surface area contributed by atoms with Gasteiger partial charge in [0.1, 0.15) is 11.5 Å². The van der Waals surface area contributed by atoms with Crippen molar-refractivity contribution in [3.63, 3.8) is 0 Å². The molecule has 0 heterocycles. The molecule has 1 aromatic carbocycles. The van der Waals surface area contributed by atoms with Crippen molar-refractivity contribution in [2.45, 2.75) is 38.1 Å². The molecule has 0 spiro atoms. The number of ether oxygens (including phenoxy) is 2. The highest BCUT2D eigenvalue weighted by atomic mass is 32.1. The first-order valence-corrected chi connectivity index (χ1v) is 8.51. The van der Waals surface area contributed by atoms with Crippen molar-refractivity contribution in [3.05, 3.63) is 30.9 Å². The summed E-state index contributed by atoms with van der Waals surface area (Å²) in [5.74, 6) is 1.51. The van der Waals surface area contributed by atoms with Gasteiger partial charge in [-0.05, 0) is 37.2 Å². The van der Waals surface area contributed by atoms with Gasteiger partial charge in [-0.15, -0.1) is 6.58 Å². The largest absolute Gasteiger partial charge is 0.497 e. The van der Waals surface area contributed by atoms with Crippen molar-refractivity contribution in [2.75, 3.05) is 26.1 Å². The van der Waals surface area contributed by atoms with Crippen LogP contribution in [0.1, 0.15) is 32.1 Å². The molecular formula is C18H26N2O2S. The first-order valence-electron chi connectivity index (χ1n) is 8.10. The first kappa shape index (κ1) is 17.6. The summed E-state index contributed by atoms with van der Waals surface area (Å²) < 4.78 is 10.7. The van der Waals surface area contributed by atoms with E-state index in [1.165, 1.54) is 32.1 Å². The molecule has 126 valence electrons. The highest BCUT2D eigenvalue weighted by Gasteiger charge is 2.23. The fourth-order valence-electron chi connectivity index (χ4n) is 3.03. The average molecular weight is 334 g/mol. The zero-order valence-electron chi connectivity index (χ0n) is 14.0. The second-order valence-corrected chi connectivity index (χ2v) is 6.12. The summed E-state index contributed by atoms with van der Waals surface area (Å²) in [4.78, 5) is 2.24. The Hall–Kier alpha value is -1.75. The number of hydrogen-bond acceptors (Lipinski definition) is 3. The number of thiocarbonyl (C=S) groups is 1. The van der Waals surface area contributed by atoms with Gasteiger partial charge in [0.05, 0.1) is 19.9 Å². The molecule has 1 saturated carbocycles. The molecule has 0 unspecified atom stereocenters. The average Bonchev–Trinajstić information content (AvgIpc) is 2.60. The monoisotopic (exact) mass is 334 g/mol. The van der Waals surface area contributed by atoms with Crippen LogP contribution in [0.25, 0.3) is 0 Å². The van der Waals surface area contributed by atoms with Gasteiger partial charge in [0.25, 0.3) is 0 Å². The van der Waals surface area contributed by atoms with Crippen LogP contribution in [0, 0.1) is 0 Å². The van der Waals surface area contributed by atoms with Crippen LogP contribution >= 0.6 is 12.2 Å². The van der Waals surface area contributed by atoms with E-state index in [2.05, 4.69) is 16.8 Å². The van der Waals surface area contributed by atoms with E-state index >= 15 is 0 Å². The molecule has 1 aromatic rings. The van der Waals surface area contributed by atoms with Crippen molar-refractivity contribution in [3.8, 4) is 11.5 Å². The zero-order chi connectivity index (χ0) is 16.7. The van der Waals surface area contributed by atoms with Crippen LogP contribution in [0.15, 0.2) is 30.9 Å². The predicted octanol–water partition coefficient (Wildman–Crippen LogP) is 4.22. The summed E-state index contributed by atoms with van der Waals surface area (Å²) >= 11 is 5.66. The van der Waals surface area contributed by atoms with Gasteiger partial charge in [0, 0.05) is 18.7 Å². The smallest absolute Gasteiger partial charge is 0.174 e. The molecule has 4 nitrogen and oxygen atoms in total. The highest BCUT2D eigenvalue weighted by Crippen LogP contribution is 2.30. The van der Waals surface area contributed by atoms with Crippen LogP contribution < -0.4 is 14.8 Å². The van der Waals surface area contributed by atoms with Gasteiger partial charge in [-0.25, -0.2) is 0 Å². The lowest BCUT2D eigenvalue weighted by molar-refractivity contribution is 0.263. The summed E-state index contributed by atoms with van der Waals surface area (Å²) in [6.45, 7) is 4.62. The van der Waals surface area contributed by atoms with Gasteiger partial charge in [-0.2, -0.15) is 0 Å². The second kappa shape index (κ2) is 8.77. The molecule has 5 heteroatoms. The predicted molar refractivity (Wildman–Crippen MR) is 99.5 cm³/mol. The Kier molecular flexibility index (Phi) is 6.71. The lowest BCUT2D eigenvalue weighted by Gasteiger charge is -2.35. The maximum Gasteiger partial charge on any atom is 0.174 e. The van der Waals surface area contributed by atoms with Crippen LogP contribution in [0.3, 0.4) is 0 Å². The summed E-state index contributed by atoms with van der Waals surface area (Å²) in [5, 5.41) is 4.03. The van der Waals surface area contributed by atoms with Gasteiger partial charge in [0.15, 0.2) is 5.11 Å². The minimum atomic E-state index is 0.485.